The molecule has 0 fully saturated rings. The normalized spacial score (nSPS) is 12.1. The second kappa shape index (κ2) is 6.05. The van der Waals surface area contributed by atoms with E-state index in [9.17, 15) is 4.79 Å². The van der Waals surface area contributed by atoms with Crippen molar-refractivity contribution in [1.82, 2.24) is 9.97 Å². The van der Waals surface area contributed by atoms with Crippen molar-refractivity contribution in [2.75, 3.05) is 5.32 Å². The molecule has 5 heteroatoms. The van der Waals surface area contributed by atoms with Gasteiger partial charge in [0, 0.05) is 18.4 Å². The summed E-state index contributed by atoms with van der Waals surface area (Å²) < 4.78 is 0. The molecule has 1 aromatic rings. The Hall–Kier alpha value is -1.65. The molecule has 1 rings (SSSR count). The average molecular weight is 223 g/mol. The van der Waals surface area contributed by atoms with Crippen LogP contribution in [0, 0.1) is 0 Å². The molecule has 0 saturated carbocycles. The number of aliphatic carboxylic acids is 1. The van der Waals surface area contributed by atoms with Crippen LogP contribution in [-0.2, 0) is 11.2 Å². The lowest BCUT2D eigenvalue weighted by atomic mass is 10.2. The standard InChI is InChI=1S/C11H17N3O2/c1-3-4-9-6-12-11(13-7-9)14-8(2)5-10(15)16/h6-8H,3-5H2,1-2H3,(H,15,16)(H,12,13,14). The zero-order chi connectivity index (χ0) is 12.0. The summed E-state index contributed by atoms with van der Waals surface area (Å²) in [5.74, 6) is -0.351. The van der Waals surface area contributed by atoms with E-state index in [1.165, 1.54) is 0 Å². The van der Waals surface area contributed by atoms with Crippen molar-refractivity contribution < 1.29 is 9.90 Å². The molecule has 2 N–H and O–H groups in total. The summed E-state index contributed by atoms with van der Waals surface area (Å²) in [7, 11) is 0. The van der Waals surface area contributed by atoms with Crippen LogP contribution in [0.15, 0.2) is 12.4 Å². The third-order valence-electron chi connectivity index (χ3n) is 2.10. The lowest BCUT2D eigenvalue weighted by Crippen LogP contribution is -2.20. The Balaban J connectivity index is 2.51. The number of hydrogen-bond acceptors (Lipinski definition) is 4. The van der Waals surface area contributed by atoms with Gasteiger partial charge in [-0.05, 0) is 18.9 Å². The molecule has 88 valence electrons. The largest absolute Gasteiger partial charge is 0.481 e. The van der Waals surface area contributed by atoms with E-state index < -0.39 is 5.97 Å². The number of aryl methyl sites for hydroxylation is 1. The maximum Gasteiger partial charge on any atom is 0.305 e. The van der Waals surface area contributed by atoms with Crippen molar-refractivity contribution >= 4 is 11.9 Å². The molecule has 0 aliphatic carbocycles. The summed E-state index contributed by atoms with van der Waals surface area (Å²) in [6.45, 7) is 3.89. The van der Waals surface area contributed by atoms with Gasteiger partial charge in [-0.25, -0.2) is 9.97 Å². The molecular weight excluding hydrogens is 206 g/mol. The highest BCUT2D eigenvalue weighted by Gasteiger charge is 2.08. The molecule has 0 amide bonds. The highest BCUT2D eigenvalue weighted by atomic mass is 16.4. The molecule has 16 heavy (non-hydrogen) atoms. The maximum atomic E-state index is 10.5. The van der Waals surface area contributed by atoms with Crippen LogP contribution >= 0.6 is 0 Å². The van der Waals surface area contributed by atoms with Gasteiger partial charge in [0.25, 0.3) is 0 Å². The Morgan fingerprint density at radius 1 is 1.50 bits per heavy atom. The SMILES string of the molecule is CCCc1cnc(NC(C)CC(=O)O)nc1. The fourth-order valence-corrected chi connectivity index (χ4v) is 1.38. The highest BCUT2D eigenvalue weighted by molar-refractivity contribution is 5.67. The summed E-state index contributed by atoms with van der Waals surface area (Å²) in [5, 5.41) is 11.5. The summed E-state index contributed by atoms with van der Waals surface area (Å²) in [6, 6.07) is -0.172. The Bertz CT molecular complexity index is 338. The van der Waals surface area contributed by atoms with Crippen LogP contribution in [-0.4, -0.2) is 27.1 Å². The van der Waals surface area contributed by atoms with Gasteiger partial charge in [0.15, 0.2) is 0 Å². The predicted octanol–water partition coefficient (Wildman–Crippen LogP) is 1.70. The van der Waals surface area contributed by atoms with Crippen molar-refractivity contribution in [2.24, 2.45) is 0 Å². The molecule has 1 aromatic heterocycles. The van der Waals surface area contributed by atoms with Gasteiger partial charge >= 0.3 is 5.97 Å². The minimum absolute atomic E-state index is 0.0556. The highest BCUT2D eigenvalue weighted by Crippen LogP contribution is 2.05. The minimum atomic E-state index is -0.831. The van der Waals surface area contributed by atoms with Crippen molar-refractivity contribution in [3.05, 3.63) is 18.0 Å². The summed E-state index contributed by atoms with van der Waals surface area (Å²) >= 11 is 0. The number of carboxylic acids is 1. The second-order valence-corrected chi connectivity index (χ2v) is 3.81. The number of carboxylic acid groups (broad SMARTS) is 1. The van der Waals surface area contributed by atoms with Gasteiger partial charge in [0.2, 0.25) is 5.95 Å². The summed E-state index contributed by atoms with van der Waals surface area (Å²) in [4.78, 5) is 18.7. The van der Waals surface area contributed by atoms with Crippen LogP contribution in [0.25, 0.3) is 0 Å². The summed E-state index contributed by atoms with van der Waals surface area (Å²) in [5.41, 5.74) is 1.10. The van der Waals surface area contributed by atoms with E-state index in [0.717, 1.165) is 18.4 Å². The number of aromatic nitrogens is 2. The number of nitrogens with zero attached hydrogens (tertiary/aromatic N) is 2. The van der Waals surface area contributed by atoms with Gasteiger partial charge < -0.3 is 10.4 Å². The molecule has 1 atom stereocenters. The quantitative estimate of drug-likeness (QED) is 0.767. The van der Waals surface area contributed by atoms with Gasteiger partial charge in [-0.15, -0.1) is 0 Å². The van der Waals surface area contributed by atoms with Gasteiger partial charge in [0.1, 0.15) is 0 Å². The topological polar surface area (TPSA) is 75.1 Å². The van der Waals surface area contributed by atoms with Crippen LogP contribution in [0.2, 0.25) is 0 Å². The van der Waals surface area contributed by atoms with Crippen LogP contribution in [0.1, 0.15) is 32.3 Å². The first-order valence-electron chi connectivity index (χ1n) is 5.41. The van der Waals surface area contributed by atoms with Gasteiger partial charge in [-0.2, -0.15) is 0 Å². The molecule has 5 nitrogen and oxygen atoms in total. The van der Waals surface area contributed by atoms with Gasteiger partial charge in [-0.1, -0.05) is 13.3 Å². The molecule has 0 bridgehead atoms. The van der Waals surface area contributed by atoms with E-state index in [2.05, 4.69) is 22.2 Å². The zero-order valence-electron chi connectivity index (χ0n) is 9.60. The van der Waals surface area contributed by atoms with Crippen molar-refractivity contribution in [3.63, 3.8) is 0 Å². The first-order valence-corrected chi connectivity index (χ1v) is 5.41. The van der Waals surface area contributed by atoms with E-state index in [1.807, 2.05) is 0 Å². The monoisotopic (exact) mass is 223 g/mol. The fraction of sp³-hybridized carbons (Fsp3) is 0.545. The van der Waals surface area contributed by atoms with E-state index in [0.29, 0.717) is 5.95 Å². The second-order valence-electron chi connectivity index (χ2n) is 3.81. The molecular formula is C11H17N3O2. The molecule has 0 radical (unpaired) electrons. The number of rotatable bonds is 6. The van der Waals surface area contributed by atoms with Crippen molar-refractivity contribution in [3.8, 4) is 0 Å². The van der Waals surface area contributed by atoms with Crippen molar-refractivity contribution in [1.29, 1.82) is 0 Å². The minimum Gasteiger partial charge on any atom is -0.481 e. The Kier molecular flexibility index (Phi) is 4.69. The number of hydrogen-bond donors (Lipinski definition) is 2. The number of nitrogens with one attached hydrogen (secondary N) is 1. The van der Waals surface area contributed by atoms with Gasteiger partial charge in [-0.3, -0.25) is 4.79 Å². The molecule has 0 saturated heterocycles. The lowest BCUT2D eigenvalue weighted by molar-refractivity contribution is -0.137. The molecule has 0 aliphatic rings. The molecule has 0 aromatic carbocycles. The van der Waals surface area contributed by atoms with E-state index in [1.54, 1.807) is 19.3 Å². The predicted molar refractivity (Wildman–Crippen MR) is 61.4 cm³/mol. The number of carbonyl (C=O) groups is 1. The van der Waals surface area contributed by atoms with Gasteiger partial charge in [0.05, 0.1) is 6.42 Å². The molecule has 0 aliphatic heterocycles. The van der Waals surface area contributed by atoms with E-state index in [-0.39, 0.29) is 12.5 Å². The number of anilines is 1. The van der Waals surface area contributed by atoms with Crippen molar-refractivity contribution in [2.45, 2.75) is 39.2 Å². The average Bonchev–Trinajstić information content (AvgIpc) is 2.20. The maximum absolute atomic E-state index is 10.5. The van der Waals surface area contributed by atoms with Crippen LogP contribution in [0.4, 0.5) is 5.95 Å². The van der Waals surface area contributed by atoms with Crippen LogP contribution in [0.5, 0.6) is 0 Å². The third kappa shape index (κ3) is 4.25. The third-order valence-corrected chi connectivity index (χ3v) is 2.10. The molecule has 1 heterocycles. The molecule has 0 spiro atoms. The van der Waals surface area contributed by atoms with Crippen LogP contribution < -0.4 is 5.32 Å². The Morgan fingerprint density at radius 2 is 2.12 bits per heavy atom. The fourth-order valence-electron chi connectivity index (χ4n) is 1.38. The smallest absolute Gasteiger partial charge is 0.305 e. The lowest BCUT2D eigenvalue weighted by Gasteiger charge is -2.11. The van der Waals surface area contributed by atoms with E-state index >= 15 is 0 Å². The van der Waals surface area contributed by atoms with Crippen LogP contribution in [0.3, 0.4) is 0 Å². The molecule has 1 unspecified atom stereocenters. The first kappa shape index (κ1) is 12.4. The van der Waals surface area contributed by atoms with E-state index in [4.69, 9.17) is 5.11 Å². The Labute approximate surface area is 94.9 Å². The Morgan fingerprint density at radius 3 is 2.62 bits per heavy atom. The zero-order valence-corrected chi connectivity index (χ0v) is 9.60. The summed E-state index contributed by atoms with van der Waals surface area (Å²) in [6.07, 6.45) is 5.62. The first-order chi connectivity index (χ1) is 7.61.